The number of carbonyl (C=O) groups is 1. The van der Waals surface area contributed by atoms with Gasteiger partial charge in [0.25, 0.3) is 0 Å². The van der Waals surface area contributed by atoms with Crippen molar-refractivity contribution in [3.05, 3.63) is 0 Å². The summed E-state index contributed by atoms with van der Waals surface area (Å²) in [4.78, 5) is 11.7. The molecule has 0 rings (SSSR count). The summed E-state index contributed by atoms with van der Waals surface area (Å²) in [6.07, 6.45) is 29.0. The van der Waals surface area contributed by atoms with Crippen LogP contribution in [0.2, 0.25) is 0 Å². The summed E-state index contributed by atoms with van der Waals surface area (Å²) in [5.41, 5.74) is 0. The second-order valence-corrected chi connectivity index (χ2v) is 9.13. The summed E-state index contributed by atoms with van der Waals surface area (Å²) in [6, 6.07) is 0. The molecule has 0 bridgehead atoms. The Labute approximate surface area is 189 Å². The van der Waals surface area contributed by atoms with E-state index >= 15 is 0 Å². The first kappa shape index (κ1) is 29.3. The number of rotatable bonds is 24. The van der Waals surface area contributed by atoms with Crippen molar-refractivity contribution in [2.24, 2.45) is 0 Å². The molecule has 3 heteroatoms. The number of unbranched alkanes of at least 4 members (excludes halogenated alkanes) is 20. The van der Waals surface area contributed by atoms with E-state index in [2.05, 4.69) is 19.2 Å². The Bertz CT molecular complexity index is 333. The molecule has 30 heavy (non-hydrogen) atoms. The Hall–Kier alpha value is -0.730. The third-order valence-corrected chi connectivity index (χ3v) is 6.03. The molecule has 0 aliphatic heterocycles. The highest BCUT2D eigenvalue weighted by Gasteiger charge is 2.01. The van der Waals surface area contributed by atoms with Crippen LogP contribution in [0.25, 0.3) is 0 Å². The van der Waals surface area contributed by atoms with E-state index in [1.165, 1.54) is 128 Å². The van der Waals surface area contributed by atoms with Gasteiger partial charge >= 0.3 is 6.09 Å². The highest BCUT2D eigenvalue weighted by atomic mass is 16.5. The van der Waals surface area contributed by atoms with Crippen LogP contribution in [-0.2, 0) is 4.74 Å². The Morgan fingerprint density at radius 3 is 1.23 bits per heavy atom. The first-order valence-electron chi connectivity index (χ1n) is 13.7. The van der Waals surface area contributed by atoms with Gasteiger partial charge < -0.3 is 10.1 Å². The van der Waals surface area contributed by atoms with Gasteiger partial charge in [0.2, 0.25) is 0 Å². The maximum Gasteiger partial charge on any atom is 0.407 e. The minimum atomic E-state index is -0.228. The average molecular weight is 426 g/mol. The van der Waals surface area contributed by atoms with E-state index in [0.29, 0.717) is 6.61 Å². The molecular formula is C27H55NO2. The second-order valence-electron chi connectivity index (χ2n) is 9.13. The highest BCUT2D eigenvalue weighted by molar-refractivity contribution is 5.66. The zero-order valence-electron chi connectivity index (χ0n) is 20.8. The predicted octanol–water partition coefficient (Wildman–Crippen LogP) is 9.33. The topological polar surface area (TPSA) is 38.3 Å². The Kier molecular flexibility index (Phi) is 25.7. The molecule has 0 saturated carbocycles. The molecular weight excluding hydrogens is 370 g/mol. The summed E-state index contributed by atoms with van der Waals surface area (Å²) in [5.74, 6) is 0. The van der Waals surface area contributed by atoms with Crippen molar-refractivity contribution in [2.75, 3.05) is 13.2 Å². The van der Waals surface area contributed by atoms with Crippen LogP contribution < -0.4 is 5.32 Å². The second kappa shape index (κ2) is 26.3. The Balaban J connectivity index is 3.13. The van der Waals surface area contributed by atoms with Gasteiger partial charge in [0.1, 0.15) is 0 Å². The smallest absolute Gasteiger partial charge is 0.407 e. The van der Waals surface area contributed by atoms with Crippen LogP contribution >= 0.6 is 0 Å². The van der Waals surface area contributed by atoms with Crippen molar-refractivity contribution < 1.29 is 9.53 Å². The lowest BCUT2D eigenvalue weighted by atomic mass is 10.1. The van der Waals surface area contributed by atoms with Gasteiger partial charge in [0.05, 0.1) is 6.61 Å². The quantitative estimate of drug-likeness (QED) is 0.156. The number of alkyl carbamates (subject to hydrolysis) is 1. The van der Waals surface area contributed by atoms with Crippen LogP contribution in [0, 0.1) is 0 Å². The molecule has 0 fully saturated rings. The molecule has 0 heterocycles. The van der Waals surface area contributed by atoms with E-state index < -0.39 is 0 Å². The SMILES string of the molecule is CCCCCCCCCCCCCCNC(=O)OCCCCCCCCCCCC. The number of carbonyl (C=O) groups excluding carboxylic acids is 1. The molecule has 0 saturated heterocycles. The predicted molar refractivity (Wildman–Crippen MR) is 132 cm³/mol. The van der Waals surface area contributed by atoms with Crippen LogP contribution in [0.5, 0.6) is 0 Å². The maximum absolute atomic E-state index is 11.7. The van der Waals surface area contributed by atoms with Gasteiger partial charge in [-0.3, -0.25) is 0 Å². The molecule has 0 radical (unpaired) electrons. The summed E-state index contributed by atoms with van der Waals surface area (Å²) in [5, 5.41) is 2.89. The average Bonchev–Trinajstić information content (AvgIpc) is 2.75. The molecule has 1 amide bonds. The van der Waals surface area contributed by atoms with Crippen molar-refractivity contribution in [3.8, 4) is 0 Å². The van der Waals surface area contributed by atoms with Crippen LogP contribution in [0.3, 0.4) is 0 Å². The molecule has 0 atom stereocenters. The van der Waals surface area contributed by atoms with Crippen LogP contribution in [0.15, 0.2) is 0 Å². The molecule has 1 N–H and O–H groups in total. The summed E-state index contributed by atoms with van der Waals surface area (Å²) < 4.78 is 5.27. The first-order chi connectivity index (χ1) is 14.8. The van der Waals surface area contributed by atoms with Crippen molar-refractivity contribution in [1.29, 1.82) is 0 Å². The zero-order valence-corrected chi connectivity index (χ0v) is 20.8. The highest BCUT2D eigenvalue weighted by Crippen LogP contribution is 2.12. The number of ether oxygens (including phenoxy) is 1. The Morgan fingerprint density at radius 1 is 0.500 bits per heavy atom. The lowest BCUT2D eigenvalue weighted by Crippen LogP contribution is -2.25. The number of amides is 1. The van der Waals surface area contributed by atoms with E-state index in [1.54, 1.807) is 0 Å². The molecule has 0 aliphatic carbocycles. The van der Waals surface area contributed by atoms with Crippen molar-refractivity contribution in [3.63, 3.8) is 0 Å². The van der Waals surface area contributed by atoms with Gasteiger partial charge in [-0.1, -0.05) is 142 Å². The number of hydrogen-bond acceptors (Lipinski definition) is 2. The Morgan fingerprint density at radius 2 is 0.833 bits per heavy atom. The van der Waals surface area contributed by atoms with Crippen molar-refractivity contribution in [1.82, 2.24) is 5.32 Å². The normalized spacial score (nSPS) is 11.0. The van der Waals surface area contributed by atoms with Crippen LogP contribution in [0.1, 0.15) is 155 Å². The van der Waals surface area contributed by atoms with E-state index in [9.17, 15) is 4.79 Å². The molecule has 0 aromatic heterocycles. The third-order valence-electron chi connectivity index (χ3n) is 6.03. The monoisotopic (exact) mass is 425 g/mol. The molecule has 0 aliphatic rings. The van der Waals surface area contributed by atoms with Gasteiger partial charge in [0.15, 0.2) is 0 Å². The van der Waals surface area contributed by atoms with Gasteiger partial charge in [-0.2, -0.15) is 0 Å². The summed E-state index contributed by atoms with van der Waals surface area (Å²) >= 11 is 0. The van der Waals surface area contributed by atoms with E-state index in [0.717, 1.165) is 19.4 Å². The largest absolute Gasteiger partial charge is 0.450 e. The molecule has 0 aromatic rings. The minimum Gasteiger partial charge on any atom is -0.450 e. The standard InChI is InChI=1S/C27H55NO2/c1-3-5-7-9-11-13-15-16-17-19-21-23-25-28-27(29)30-26-24-22-20-18-14-12-10-8-6-4-2/h3-26H2,1-2H3,(H,28,29). The van der Waals surface area contributed by atoms with Crippen molar-refractivity contribution in [2.45, 2.75) is 155 Å². The van der Waals surface area contributed by atoms with Gasteiger partial charge in [-0.15, -0.1) is 0 Å². The molecule has 0 aromatic carbocycles. The molecule has 3 nitrogen and oxygen atoms in total. The first-order valence-corrected chi connectivity index (χ1v) is 13.7. The minimum absolute atomic E-state index is 0.228. The van der Waals surface area contributed by atoms with E-state index in [-0.39, 0.29) is 6.09 Å². The van der Waals surface area contributed by atoms with Crippen LogP contribution in [-0.4, -0.2) is 19.2 Å². The van der Waals surface area contributed by atoms with E-state index in [4.69, 9.17) is 4.74 Å². The summed E-state index contributed by atoms with van der Waals surface area (Å²) in [7, 11) is 0. The fourth-order valence-corrected chi connectivity index (χ4v) is 3.96. The lowest BCUT2D eigenvalue weighted by Gasteiger charge is -2.07. The zero-order chi connectivity index (χ0) is 22.0. The molecule has 0 spiro atoms. The number of hydrogen-bond donors (Lipinski definition) is 1. The fourth-order valence-electron chi connectivity index (χ4n) is 3.96. The summed E-state index contributed by atoms with van der Waals surface area (Å²) in [6.45, 7) is 5.87. The van der Waals surface area contributed by atoms with Crippen LogP contribution in [0.4, 0.5) is 4.79 Å². The molecule has 0 unspecified atom stereocenters. The lowest BCUT2D eigenvalue weighted by molar-refractivity contribution is 0.143. The van der Waals surface area contributed by atoms with Gasteiger partial charge in [0, 0.05) is 6.54 Å². The van der Waals surface area contributed by atoms with Crippen molar-refractivity contribution >= 4 is 6.09 Å². The third kappa shape index (κ3) is 25.3. The van der Waals surface area contributed by atoms with E-state index in [1.807, 2.05) is 0 Å². The maximum atomic E-state index is 11.7. The van der Waals surface area contributed by atoms with Gasteiger partial charge in [-0.05, 0) is 12.8 Å². The fraction of sp³-hybridized carbons (Fsp3) is 0.963. The number of nitrogens with one attached hydrogen (secondary N) is 1. The molecule has 180 valence electrons. The van der Waals surface area contributed by atoms with Gasteiger partial charge in [-0.25, -0.2) is 4.79 Å².